The number of hydrogen-bond acceptors (Lipinski definition) is 4. The molecule has 0 radical (unpaired) electrons. The molecule has 1 fully saturated rings. The minimum Gasteiger partial charge on any atom is -0.393 e. The summed E-state index contributed by atoms with van der Waals surface area (Å²) in [6.45, 7) is 0. The minimum atomic E-state index is -0.261. The highest BCUT2D eigenvalue weighted by molar-refractivity contribution is 14.1. The summed E-state index contributed by atoms with van der Waals surface area (Å²) in [6.07, 6.45) is 7.23. The molecule has 5 heteroatoms. The fourth-order valence-electron chi connectivity index (χ4n) is 2.93. The van der Waals surface area contributed by atoms with Gasteiger partial charge in [-0.2, -0.15) is 0 Å². The lowest BCUT2D eigenvalue weighted by Crippen LogP contribution is -2.34. The molecule has 1 aliphatic rings. The van der Waals surface area contributed by atoms with Gasteiger partial charge in [0.25, 0.3) is 0 Å². The Morgan fingerprint density at radius 2 is 2.00 bits per heavy atom. The van der Waals surface area contributed by atoms with E-state index in [0.717, 1.165) is 18.5 Å². The monoisotopic (exact) mass is 381 g/mol. The van der Waals surface area contributed by atoms with Gasteiger partial charge < -0.3 is 10.4 Å². The zero-order valence-corrected chi connectivity index (χ0v) is 13.1. The molecule has 0 unspecified atom stereocenters. The second kappa shape index (κ2) is 5.65. The third-order valence-electron chi connectivity index (χ3n) is 3.82. The molecule has 1 saturated carbocycles. The van der Waals surface area contributed by atoms with Gasteiger partial charge in [0.1, 0.15) is 6.33 Å². The Kier molecular flexibility index (Phi) is 3.89. The van der Waals surface area contributed by atoms with Crippen LogP contribution < -0.4 is 5.32 Å². The van der Waals surface area contributed by atoms with Crippen LogP contribution in [-0.2, 0) is 5.54 Å². The van der Waals surface area contributed by atoms with Gasteiger partial charge in [-0.05, 0) is 47.1 Å². The van der Waals surface area contributed by atoms with Gasteiger partial charge in [0.2, 0.25) is 0 Å². The zero-order chi connectivity index (χ0) is 14.0. The second-order valence-corrected chi connectivity index (χ2v) is 6.37. The van der Waals surface area contributed by atoms with Crippen LogP contribution in [0.15, 0.2) is 43.0 Å². The average molecular weight is 381 g/mol. The molecular formula is C15H16IN3O. The van der Waals surface area contributed by atoms with E-state index in [4.69, 9.17) is 0 Å². The number of hydrogen-bond donors (Lipinski definition) is 2. The predicted octanol–water partition coefficient (Wildman–Crippen LogP) is 2.93. The van der Waals surface area contributed by atoms with Crippen LogP contribution >= 0.6 is 22.6 Å². The maximum atomic E-state index is 10.0. The minimum absolute atomic E-state index is 0.234. The lowest BCUT2D eigenvalue weighted by atomic mass is 9.88. The number of aromatic nitrogens is 2. The molecule has 0 saturated heterocycles. The van der Waals surface area contributed by atoms with Crippen LogP contribution in [0.1, 0.15) is 24.8 Å². The Hall–Kier alpha value is -1.21. The van der Waals surface area contributed by atoms with Crippen molar-refractivity contribution < 1.29 is 5.11 Å². The SMILES string of the molecule is O[C@H]1CC[C@@](Nc2cncnc2)(c2ccccc2I)C1. The summed E-state index contributed by atoms with van der Waals surface area (Å²) in [7, 11) is 0. The maximum Gasteiger partial charge on any atom is 0.115 e. The van der Waals surface area contributed by atoms with Crippen LogP contribution in [0.5, 0.6) is 0 Å². The molecule has 1 heterocycles. The summed E-state index contributed by atoms with van der Waals surface area (Å²) in [6, 6.07) is 8.32. The molecule has 104 valence electrons. The molecule has 2 N–H and O–H groups in total. The van der Waals surface area contributed by atoms with E-state index < -0.39 is 0 Å². The number of halogens is 1. The molecule has 0 spiro atoms. The topological polar surface area (TPSA) is 58.0 Å². The van der Waals surface area contributed by atoms with Crippen molar-refractivity contribution in [3.63, 3.8) is 0 Å². The van der Waals surface area contributed by atoms with E-state index in [0.29, 0.717) is 6.42 Å². The molecule has 4 nitrogen and oxygen atoms in total. The van der Waals surface area contributed by atoms with E-state index in [1.165, 1.54) is 15.5 Å². The maximum absolute atomic E-state index is 10.0. The van der Waals surface area contributed by atoms with Crippen molar-refractivity contribution in [2.75, 3.05) is 5.32 Å². The van der Waals surface area contributed by atoms with Gasteiger partial charge in [-0.25, -0.2) is 9.97 Å². The summed E-state index contributed by atoms with van der Waals surface area (Å²) >= 11 is 2.36. The summed E-state index contributed by atoms with van der Waals surface area (Å²) in [5.41, 5.74) is 1.89. The van der Waals surface area contributed by atoms with Gasteiger partial charge in [-0.3, -0.25) is 0 Å². The zero-order valence-electron chi connectivity index (χ0n) is 11.0. The summed E-state index contributed by atoms with van der Waals surface area (Å²) in [5.74, 6) is 0. The van der Waals surface area contributed by atoms with Crippen molar-refractivity contribution in [3.05, 3.63) is 52.1 Å². The number of benzene rings is 1. The Morgan fingerprint density at radius 1 is 1.25 bits per heavy atom. The normalized spacial score (nSPS) is 25.6. The highest BCUT2D eigenvalue weighted by atomic mass is 127. The van der Waals surface area contributed by atoms with Crippen molar-refractivity contribution in [2.45, 2.75) is 30.9 Å². The largest absolute Gasteiger partial charge is 0.393 e. The van der Waals surface area contributed by atoms with E-state index in [9.17, 15) is 5.11 Å². The Bertz CT molecular complexity index is 593. The Balaban J connectivity index is 2.00. The molecule has 1 aromatic heterocycles. The predicted molar refractivity (Wildman–Crippen MR) is 86.3 cm³/mol. The lowest BCUT2D eigenvalue weighted by molar-refractivity contribution is 0.176. The van der Waals surface area contributed by atoms with Crippen LogP contribution in [0.25, 0.3) is 0 Å². The molecule has 2 atom stereocenters. The fourth-order valence-corrected chi connectivity index (χ4v) is 3.84. The molecule has 0 aliphatic heterocycles. The van der Waals surface area contributed by atoms with Gasteiger partial charge in [-0.15, -0.1) is 0 Å². The van der Waals surface area contributed by atoms with Crippen LogP contribution in [0.4, 0.5) is 5.69 Å². The van der Waals surface area contributed by atoms with Crippen LogP contribution in [-0.4, -0.2) is 21.2 Å². The van der Waals surface area contributed by atoms with Crippen molar-refractivity contribution in [1.82, 2.24) is 9.97 Å². The van der Waals surface area contributed by atoms with Crippen molar-refractivity contribution in [1.29, 1.82) is 0 Å². The van der Waals surface area contributed by atoms with Crippen molar-refractivity contribution >= 4 is 28.3 Å². The van der Waals surface area contributed by atoms with Crippen LogP contribution in [0.2, 0.25) is 0 Å². The molecule has 20 heavy (non-hydrogen) atoms. The first-order valence-corrected chi connectivity index (χ1v) is 7.74. The molecule has 1 aliphatic carbocycles. The van der Waals surface area contributed by atoms with Gasteiger partial charge in [0.15, 0.2) is 0 Å². The Labute approximate surface area is 131 Å². The van der Waals surface area contributed by atoms with E-state index in [1.54, 1.807) is 12.4 Å². The second-order valence-electron chi connectivity index (χ2n) is 5.21. The summed E-state index contributed by atoms with van der Waals surface area (Å²) in [4.78, 5) is 8.11. The standard InChI is InChI=1S/C15H16IN3O/c16-14-4-2-1-3-13(14)15(6-5-12(20)7-15)19-11-8-17-10-18-9-11/h1-4,8-10,12,19-20H,5-7H2/t12-,15-/m0/s1. The first kappa shape index (κ1) is 13.8. The van der Waals surface area contributed by atoms with E-state index in [-0.39, 0.29) is 11.6 Å². The van der Waals surface area contributed by atoms with Crippen molar-refractivity contribution in [3.8, 4) is 0 Å². The molecule has 3 rings (SSSR count). The van der Waals surface area contributed by atoms with E-state index in [2.05, 4.69) is 50.0 Å². The highest BCUT2D eigenvalue weighted by Gasteiger charge is 2.41. The smallest absolute Gasteiger partial charge is 0.115 e. The molecule has 2 aromatic rings. The van der Waals surface area contributed by atoms with Gasteiger partial charge in [-0.1, -0.05) is 18.2 Å². The van der Waals surface area contributed by atoms with Crippen LogP contribution in [0, 0.1) is 3.57 Å². The lowest BCUT2D eigenvalue weighted by Gasteiger charge is -2.33. The number of nitrogens with zero attached hydrogens (tertiary/aromatic N) is 2. The van der Waals surface area contributed by atoms with Crippen molar-refractivity contribution in [2.24, 2.45) is 0 Å². The summed E-state index contributed by atoms with van der Waals surface area (Å²) in [5, 5.41) is 13.6. The third kappa shape index (κ3) is 2.64. The van der Waals surface area contributed by atoms with Gasteiger partial charge >= 0.3 is 0 Å². The average Bonchev–Trinajstić information content (AvgIpc) is 2.82. The third-order valence-corrected chi connectivity index (χ3v) is 4.76. The molecule has 0 amide bonds. The molecule has 1 aromatic carbocycles. The number of anilines is 1. The quantitative estimate of drug-likeness (QED) is 0.803. The highest BCUT2D eigenvalue weighted by Crippen LogP contribution is 2.43. The van der Waals surface area contributed by atoms with E-state index in [1.807, 2.05) is 12.1 Å². The number of aliphatic hydroxyl groups excluding tert-OH is 1. The van der Waals surface area contributed by atoms with Gasteiger partial charge in [0, 0.05) is 9.99 Å². The fraction of sp³-hybridized carbons (Fsp3) is 0.333. The number of nitrogens with one attached hydrogen (secondary N) is 1. The Morgan fingerprint density at radius 3 is 2.65 bits per heavy atom. The molecular weight excluding hydrogens is 365 g/mol. The van der Waals surface area contributed by atoms with Gasteiger partial charge in [0.05, 0.1) is 29.7 Å². The van der Waals surface area contributed by atoms with Crippen LogP contribution in [0.3, 0.4) is 0 Å². The summed E-state index contributed by atoms with van der Waals surface area (Å²) < 4.78 is 1.21. The first-order valence-electron chi connectivity index (χ1n) is 6.66. The van der Waals surface area contributed by atoms with E-state index >= 15 is 0 Å². The first-order chi connectivity index (χ1) is 9.70. The number of rotatable bonds is 3. The number of aliphatic hydroxyl groups is 1. The molecule has 0 bridgehead atoms.